The maximum absolute atomic E-state index is 13.0. The molecule has 6 nitrogen and oxygen atoms in total. The van der Waals surface area contributed by atoms with Crippen molar-refractivity contribution >= 4 is 30.6 Å². The van der Waals surface area contributed by atoms with Gasteiger partial charge in [0.2, 0.25) is 0 Å². The van der Waals surface area contributed by atoms with Crippen LogP contribution in [0.1, 0.15) is 50.4 Å². The van der Waals surface area contributed by atoms with Gasteiger partial charge in [-0.1, -0.05) is 99.6 Å². The zero-order valence-electron chi connectivity index (χ0n) is 24.3. The average Bonchev–Trinajstić information content (AvgIpc) is 2.99. The Morgan fingerprint density at radius 3 is 2.02 bits per heavy atom. The van der Waals surface area contributed by atoms with Crippen LogP contribution in [-0.2, 0) is 23.4 Å². The standard InChI is InChI=1S/C34H40O6Si/c1-34(2,3)41(28-17-10-6-11-18-28,29-19-12-7-13-20-29)40-30-21-14-24-38-31(30)25-27(22-23-32(35)37-4)39-33(36)26-15-8-5-9-16-26/h5-13,15-20,22-23,27,30-31H,14,21,24-25H2,1-4H3/b23-22-/t27-,30-,31+/m1/s1. The normalized spacial score (nSPS) is 18.5. The number of carbonyl (C=O) groups is 2. The van der Waals surface area contributed by atoms with Gasteiger partial charge in [0.15, 0.2) is 0 Å². The first-order valence-corrected chi connectivity index (χ1v) is 16.1. The summed E-state index contributed by atoms with van der Waals surface area (Å²) >= 11 is 0. The molecule has 0 aromatic heterocycles. The fourth-order valence-electron chi connectivity index (χ4n) is 5.51. The average molecular weight is 573 g/mol. The first kappa shape index (κ1) is 30.4. The van der Waals surface area contributed by atoms with Crippen molar-refractivity contribution in [2.24, 2.45) is 0 Å². The number of benzene rings is 3. The molecule has 0 radical (unpaired) electrons. The van der Waals surface area contributed by atoms with Crippen LogP contribution in [0.3, 0.4) is 0 Å². The molecule has 1 saturated heterocycles. The first-order valence-electron chi connectivity index (χ1n) is 14.2. The molecule has 0 spiro atoms. The van der Waals surface area contributed by atoms with E-state index < -0.39 is 26.4 Å². The van der Waals surface area contributed by atoms with Crippen molar-refractivity contribution in [1.82, 2.24) is 0 Å². The van der Waals surface area contributed by atoms with Crippen molar-refractivity contribution in [3.63, 3.8) is 0 Å². The van der Waals surface area contributed by atoms with E-state index in [1.807, 2.05) is 18.2 Å². The molecule has 0 unspecified atom stereocenters. The Hall–Kier alpha value is -3.52. The number of methoxy groups -OCH3 is 1. The highest BCUT2D eigenvalue weighted by molar-refractivity contribution is 6.99. The number of carbonyl (C=O) groups excluding carboxylic acids is 2. The second-order valence-electron chi connectivity index (χ2n) is 11.3. The van der Waals surface area contributed by atoms with Crippen LogP contribution >= 0.6 is 0 Å². The molecule has 41 heavy (non-hydrogen) atoms. The summed E-state index contributed by atoms with van der Waals surface area (Å²) in [6.07, 6.45) is 3.60. The molecule has 3 aromatic carbocycles. The van der Waals surface area contributed by atoms with E-state index in [4.69, 9.17) is 18.6 Å². The zero-order valence-corrected chi connectivity index (χ0v) is 25.3. The lowest BCUT2D eigenvalue weighted by Gasteiger charge is -2.47. The molecule has 1 aliphatic rings. The minimum atomic E-state index is -2.84. The third-order valence-electron chi connectivity index (χ3n) is 7.51. The van der Waals surface area contributed by atoms with Crippen LogP contribution in [0.15, 0.2) is 103 Å². The first-order chi connectivity index (χ1) is 19.7. The van der Waals surface area contributed by atoms with E-state index in [0.717, 1.165) is 12.8 Å². The minimum absolute atomic E-state index is 0.193. The summed E-state index contributed by atoms with van der Waals surface area (Å²) < 4.78 is 24.4. The SMILES string of the molecule is COC(=O)/C=C\[C@H](C[C@@H]1OCCC[C@H]1O[Si](c1ccccc1)(c1ccccc1)C(C)(C)C)OC(=O)c1ccccc1. The van der Waals surface area contributed by atoms with Gasteiger partial charge in [-0.2, -0.15) is 0 Å². The molecule has 0 bridgehead atoms. The molecular formula is C34H40O6Si. The molecular weight excluding hydrogens is 532 g/mol. The number of hydrogen-bond donors (Lipinski definition) is 0. The lowest BCUT2D eigenvalue weighted by molar-refractivity contribution is -0.134. The smallest absolute Gasteiger partial charge is 0.338 e. The summed E-state index contributed by atoms with van der Waals surface area (Å²) in [7, 11) is -1.52. The molecule has 216 valence electrons. The number of ether oxygens (including phenoxy) is 3. The van der Waals surface area contributed by atoms with Crippen LogP contribution in [-0.4, -0.2) is 52.3 Å². The highest BCUT2D eigenvalue weighted by atomic mass is 28.4. The van der Waals surface area contributed by atoms with Gasteiger partial charge in [0.25, 0.3) is 8.32 Å². The van der Waals surface area contributed by atoms with Gasteiger partial charge in [0.1, 0.15) is 6.10 Å². The second kappa shape index (κ2) is 13.9. The minimum Gasteiger partial charge on any atom is -0.466 e. The van der Waals surface area contributed by atoms with E-state index in [-0.39, 0.29) is 17.2 Å². The largest absolute Gasteiger partial charge is 0.466 e. The molecule has 3 aromatic rings. The molecule has 1 heterocycles. The van der Waals surface area contributed by atoms with Gasteiger partial charge >= 0.3 is 11.9 Å². The third kappa shape index (κ3) is 7.41. The monoisotopic (exact) mass is 572 g/mol. The van der Waals surface area contributed by atoms with Gasteiger partial charge in [-0.3, -0.25) is 0 Å². The molecule has 0 saturated carbocycles. The topological polar surface area (TPSA) is 71.1 Å². The lowest BCUT2D eigenvalue weighted by atomic mass is 10.00. The predicted octanol–water partition coefficient (Wildman–Crippen LogP) is 5.46. The summed E-state index contributed by atoms with van der Waals surface area (Å²) in [6, 6.07) is 29.9. The van der Waals surface area contributed by atoms with Crippen LogP contribution in [0.5, 0.6) is 0 Å². The fraction of sp³-hybridized carbons (Fsp3) is 0.353. The van der Waals surface area contributed by atoms with Gasteiger partial charge < -0.3 is 18.6 Å². The van der Waals surface area contributed by atoms with Crippen molar-refractivity contribution in [2.75, 3.05) is 13.7 Å². The van der Waals surface area contributed by atoms with E-state index in [2.05, 4.69) is 69.3 Å². The molecule has 1 aliphatic heterocycles. The molecule has 7 heteroatoms. The summed E-state index contributed by atoms with van der Waals surface area (Å²) in [5.74, 6) is -0.985. The Morgan fingerprint density at radius 2 is 1.49 bits per heavy atom. The Labute approximate surface area is 244 Å². The Morgan fingerprint density at radius 1 is 0.927 bits per heavy atom. The fourth-order valence-corrected chi connectivity index (χ4v) is 10.3. The Kier molecular flexibility index (Phi) is 10.3. The molecule has 0 amide bonds. The van der Waals surface area contributed by atoms with Crippen molar-refractivity contribution in [3.05, 3.63) is 109 Å². The van der Waals surface area contributed by atoms with Gasteiger partial charge in [-0.25, -0.2) is 9.59 Å². The van der Waals surface area contributed by atoms with Crippen LogP contribution in [0.2, 0.25) is 5.04 Å². The highest BCUT2D eigenvalue weighted by Crippen LogP contribution is 2.39. The van der Waals surface area contributed by atoms with Gasteiger partial charge in [-0.05, 0) is 46.5 Å². The van der Waals surface area contributed by atoms with E-state index >= 15 is 0 Å². The third-order valence-corrected chi connectivity index (χ3v) is 12.6. The van der Waals surface area contributed by atoms with E-state index in [1.165, 1.54) is 23.6 Å². The summed E-state index contributed by atoms with van der Waals surface area (Å²) in [5, 5.41) is 2.20. The van der Waals surface area contributed by atoms with Gasteiger partial charge in [0, 0.05) is 19.1 Å². The molecule has 0 aliphatic carbocycles. The number of esters is 2. The van der Waals surface area contributed by atoms with Crippen LogP contribution < -0.4 is 10.4 Å². The molecule has 4 rings (SSSR count). The van der Waals surface area contributed by atoms with Crippen LogP contribution in [0.4, 0.5) is 0 Å². The van der Waals surface area contributed by atoms with E-state index in [1.54, 1.807) is 30.3 Å². The van der Waals surface area contributed by atoms with Crippen molar-refractivity contribution in [3.8, 4) is 0 Å². The maximum atomic E-state index is 13.0. The zero-order chi connectivity index (χ0) is 29.3. The van der Waals surface area contributed by atoms with E-state index in [9.17, 15) is 9.59 Å². The second-order valence-corrected chi connectivity index (χ2v) is 15.6. The Balaban J connectivity index is 1.68. The number of hydrogen-bond acceptors (Lipinski definition) is 6. The maximum Gasteiger partial charge on any atom is 0.338 e. The predicted molar refractivity (Wildman–Crippen MR) is 163 cm³/mol. The summed E-state index contributed by atoms with van der Waals surface area (Å²) in [5.41, 5.74) is 0.439. The summed E-state index contributed by atoms with van der Waals surface area (Å²) in [6.45, 7) is 7.34. The molecule has 0 N–H and O–H groups in total. The van der Waals surface area contributed by atoms with Crippen molar-refractivity contribution in [1.29, 1.82) is 0 Å². The van der Waals surface area contributed by atoms with Crippen molar-refractivity contribution < 1.29 is 28.2 Å². The Bertz CT molecular complexity index is 1250. The van der Waals surface area contributed by atoms with Crippen LogP contribution in [0.25, 0.3) is 0 Å². The highest BCUT2D eigenvalue weighted by Gasteiger charge is 2.52. The van der Waals surface area contributed by atoms with Gasteiger partial charge in [0.05, 0.1) is 24.9 Å². The molecule has 3 atom stereocenters. The lowest BCUT2D eigenvalue weighted by Crippen LogP contribution is -2.68. The van der Waals surface area contributed by atoms with Crippen LogP contribution in [0, 0.1) is 0 Å². The van der Waals surface area contributed by atoms with Gasteiger partial charge in [-0.15, -0.1) is 0 Å². The van der Waals surface area contributed by atoms with E-state index in [0.29, 0.717) is 18.6 Å². The molecule has 1 fully saturated rings. The van der Waals surface area contributed by atoms with Crippen molar-refractivity contribution in [2.45, 2.75) is 63.4 Å². The number of rotatable bonds is 10. The summed E-state index contributed by atoms with van der Waals surface area (Å²) in [4.78, 5) is 24.9. The quantitative estimate of drug-likeness (QED) is 0.183.